The van der Waals surface area contributed by atoms with E-state index in [0.717, 1.165) is 11.1 Å². The third kappa shape index (κ3) is 4.12. The first-order valence-electron chi connectivity index (χ1n) is 8.28. The molecule has 3 rings (SSSR count). The van der Waals surface area contributed by atoms with Crippen LogP contribution < -0.4 is 5.32 Å². The predicted octanol–water partition coefficient (Wildman–Crippen LogP) is 5.38. The van der Waals surface area contributed by atoms with Gasteiger partial charge >= 0.3 is 0 Å². The van der Waals surface area contributed by atoms with E-state index in [1.165, 1.54) is 5.56 Å². The fraction of sp³-hybridized carbons (Fsp3) is 0.190. The zero-order valence-corrected chi connectivity index (χ0v) is 15.1. The van der Waals surface area contributed by atoms with Gasteiger partial charge in [0.25, 0.3) is 0 Å². The number of halogens is 1. The van der Waals surface area contributed by atoms with Gasteiger partial charge in [0.1, 0.15) is 0 Å². The van der Waals surface area contributed by atoms with Crippen LogP contribution in [0.25, 0.3) is 0 Å². The van der Waals surface area contributed by atoms with Crippen LogP contribution in [0.2, 0.25) is 5.02 Å². The van der Waals surface area contributed by atoms with Crippen molar-refractivity contribution in [1.82, 2.24) is 4.57 Å². The predicted molar refractivity (Wildman–Crippen MR) is 103 cm³/mol. The molecule has 0 aliphatic rings. The average molecular weight is 353 g/mol. The molecule has 1 atom stereocenters. The van der Waals surface area contributed by atoms with Crippen molar-refractivity contribution >= 4 is 23.2 Å². The number of hydrogen-bond acceptors (Lipinski definition) is 1. The van der Waals surface area contributed by atoms with E-state index in [0.29, 0.717) is 17.1 Å². The van der Waals surface area contributed by atoms with E-state index in [1.807, 2.05) is 61.8 Å². The van der Waals surface area contributed by atoms with Crippen LogP contribution in [0.15, 0.2) is 67.0 Å². The molecular formula is C21H21ClN2O. The van der Waals surface area contributed by atoms with Crippen molar-refractivity contribution in [2.24, 2.45) is 0 Å². The zero-order chi connectivity index (χ0) is 17.8. The van der Waals surface area contributed by atoms with Crippen LogP contribution in [0.1, 0.15) is 29.2 Å². The molecule has 0 unspecified atom stereocenters. The lowest BCUT2D eigenvalue weighted by Crippen LogP contribution is -2.20. The number of carbonyl (C=O) groups is 1. The molecule has 0 aliphatic heterocycles. The third-order valence-corrected chi connectivity index (χ3v) is 4.62. The number of nitrogens with one attached hydrogen (secondary N) is 1. The molecule has 0 bridgehead atoms. The molecule has 25 heavy (non-hydrogen) atoms. The van der Waals surface area contributed by atoms with E-state index in [2.05, 4.69) is 28.9 Å². The minimum atomic E-state index is -0.0623. The van der Waals surface area contributed by atoms with Gasteiger partial charge in [0.15, 0.2) is 0 Å². The van der Waals surface area contributed by atoms with Gasteiger partial charge in [0.2, 0.25) is 5.91 Å². The van der Waals surface area contributed by atoms with Gasteiger partial charge in [-0.05, 0) is 54.8 Å². The highest BCUT2D eigenvalue weighted by Crippen LogP contribution is 2.27. The SMILES string of the molecule is Cc1ccc(NC(=O)C[C@@H](c2ccccc2C)n2cccc2)c(Cl)c1. The summed E-state index contributed by atoms with van der Waals surface area (Å²) >= 11 is 6.23. The molecule has 0 saturated carbocycles. The Balaban J connectivity index is 1.83. The molecule has 128 valence electrons. The van der Waals surface area contributed by atoms with Crippen molar-refractivity contribution in [2.45, 2.75) is 26.3 Å². The Morgan fingerprint density at radius 2 is 1.80 bits per heavy atom. The van der Waals surface area contributed by atoms with Crippen LogP contribution in [0.5, 0.6) is 0 Å². The van der Waals surface area contributed by atoms with Gasteiger partial charge in [-0.3, -0.25) is 4.79 Å². The molecule has 4 heteroatoms. The Kier molecular flexibility index (Phi) is 5.25. The number of amides is 1. The van der Waals surface area contributed by atoms with Crippen molar-refractivity contribution in [3.8, 4) is 0 Å². The molecule has 3 nitrogen and oxygen atoms in total. The first kappa shape index (κ1) is 17.3. The van der Waals surface area contributed by atoms with Crippen molar-refractivity contribution in [3.05, 3.63) is 88.7 Å². The Bertz CT molecular complexity index is 871. The van der Waals surface area contributed by atoms with Gasteiger partial charge in [-0.1, -0.05) is 41.9 Å². The highest BCUT2D eigenvalue weighted by atomic mass is 35.5. The molecule has 1 heterocycles. The largest absolute Gasteiger partial charge is 0.346 e. The number of aromatic nitrogens is 1. The summed E-state index contributed by atoms with van der Waals surface area (Å²) in [5.74, 6) is -0.0623. The van der Waals surface area contributed by atoms with Crippen LogP contribution in [0, 0.1) is 13.8 Å². The van der Waals surface area contributed by atoms with Crippen molar-refractivity contribution in [1.29, 1.82) is 0 Å². The number of carbonyl (C=O) groups excluding carboxylic acids is 1. The molecule has 0 aliphatic carbocycles. The molecule has 1 N–H and O–H groups in total. The van der Waals surface area contributed by atoms with Crippen molar-refractivity contribution in [2.75, 3.05) is 5.32 Å². The van der Waals surface area contributed by atoms with E-state index in [4.69, 9.17) is 11.6 Å². The average Bonchev–Trinajstić information content (AvgIpc) is 3.10. The van der Waals surface area contributed by atoms with E-state index < -0.39 is 0 Å². The summed E-state index contributed by atoms with van der Waals surface area (Å²) in [5, 5.41) is 3.49. The second kappa shape index (κ2) is 7.58. The van der Waals surface area contributed by atoms with Crippen LogP contribution >= 0.6 is 11.6 Å². The van der Waals surface area contributed by atoms with E-state index >= 15 is 0 Å². The van der Waals surface area contributed by atoms with Crippen LogP contribution in [0.4, 0.5) is 5.69 Å². The maximum Gasteiger partial charge on any atom is 0.226 e. The Morgan fingerprint density at radius 1 is 1.08 bits per heavy atom. The maximum atomic E-state index is 12.7. The van der Waals surface area contributed by atoms with E-state index in [-0.39, 0.29) is 11.9 Å². The second-order valence-corrected chi connectivity index (χ2v) is 6.65. The van der Waals surface area contributed by atoms with Gasteiger partial charge < -0.3 is 9.88 Å². The number of rotatable bonds is 5. The number of nitrogens with zero attached hydrogens (tertiary/aromatic N) is 1. The molecule has 1 amide bonds. The molecule has 0 saturated heterocycles. The van der Waals surface area contributed by atoms with Gasteiger partial charge in [0, 0.05) is 12.4 Å². The fourth-order valence-corrected chi connectivity index (χ4v) is 3.27. The third-order valence-electron chi connectivity index (χ3n) is 4.31. The summed E-state index contributed by atoms with van der Waals surface area (Å²) in [5.41, 5.74) is 4.02. The number of hydrogen-bond donors (Lipinski definition) is 1. The summed E-state index contributed by atoms with van der Waals surface area (Å²) in [6, 6.07) is 17.7. The number of benzene rings is 2. The van der Waals surface area contributed by atoms with Crippen LogP contribution in [-0.2, 0) is 4.79 Å². The summed E-state index contributed by atoms with van der Waals surface area (Å²) in [6.07, 6.45) is 4.32. The molecule has 1 aromatic heterocycles. The van der Waals surface area contributed by atoms with Crippen molar-refractivity contribution in [3.63, 3.8) is 0 Å². The highest BCUT2D eigenvalue weighted by Gasteiger charge is 2.19. The molecule has 3 aromatic rings. The van der Waals surface area contributed by atoms with E-state index in [9.17, 15) is 4.79 Å². The maximum absolute atomic E-state index is 12.7. The van der Waals surface area contributed by atoms with Gasteiger partial charge in [-0.2, -0.15) is 0 Å². The van der Waals surface area contributed by atoms with Crippen molar-refractivity contribution < 1.29 is 4.79 Å². The monoisotopic (exact) mass is 352 g/mol. The molecular weight excluding hydrogens is 332 g/mol. The lowest BCUT2D eigenvalue weighted by atomic mass is 9.98. The smallest absolute Gasteiger partial charge is 0.226 e. The number of anilines is 1. The normalized spacial score (nSPS) is 12.0. The van der Waals surface area contributed by atoms with Gasteiger partial charge in [0.05, 0.1) is 23.2 Å². The summed E-state index contributed by atoms with van der Waals surface area (Å²) < 4.78 is 2.07. The Morgan fingerprint density at radius 3 is 2.48 bits per heavy atom. The molecule has 0 fully saturated rings. The lowest BCUT2D eigenvalue weighted by Gasteiger charge is -2.21. The lowest BCUT2D eigenvalue weighted by molar-refractivity contribution is -0.116. The van der Waals surface area contributed by atoms with Crippen LogP contribution in [0.3, 0.4) is 0 Å². The van der Waals surface area contributed by atoms with Gasteiger partial charge in [-0.25, -0.2) is 0 Å². The minimum Gasteiger partial charge on any atom is -0.346 e. The zero-order valence-electron chi connectivity index (χ0n) is 14.4. The summed E-state index contributed by atoms with van der Waals surface area (Å²) in [7, 11) is 0. The Hall–Kier alpha value is -2.52. The summed E-state index contributed by atoms with van der Waals surface area (Å²) in [6.45, 7) is 4.04. The molecule has 0 radical (unpaired) electrons. The minimum absolute atomic E-state index is 0.0552. The fourth-order valence-electron chi connectivity index (χ4n) is 2.99. The highest BCUT2D eigenvalue weighted by molar-refractivity contribution is 6.33. The standard InChI is InChI=1S/C21H21ClN2O/c1-15-9-10-19(18(22)13-15)23-21(25)14-20(24-11-5-6-12-24)17-8-4-3-7-16(17)2/h3-13,20H,14H2,1-2H3,(H,23,25)/t20-/m0/s1. The molecule has 2 aromatic carbocycles. The Labute approximate surface area is 153 Å². The first-order chi connectivity index (χ1) is 12.0. The topological polar surface area (TPSA) is 34.0 Å². The summed E-state index contributed by atoms with van der Waals surface area (Å²) in [4.78, 5) is 12.7. The molecule has 0 spiro atoms. The number of aryl methyl sites for hydroxylation is 2. The van der Waals surface area contributed by atoms with E-state index in [1.54, 1.807) is 0 Å². The second-order valence-electron chi connectivity index (χ2n) is 6.24. The van der Waals surface area contributed by atoms with Crippen LogP contribution in [-0.4, -0.2) is 10.5 Å². The quantitative estimate of drug-likeness (QED) is 0.657. The van der Waals surface area contributed by atoms with Gasteiger partial charge in [-0.15, -0.1) is 0 Å². The first-order valence-corrected chi connectivity index (χ1v) is 8.66.